The molecule has 21 heavy (non-hydrogen) atoms. The molecule has 0 spiro atoms. The van der Waals surface area contributed by atoms with Crippen LogP contribution in [0.25, 0.3) is 6.08 Å². The Balaban J connectivity index is 3.19. The van der Waals surface area contributed by atoms with Crippen LogP contribution in [0.1, 0.15) is 18.9 Å². The number of nitro groups is 1. The molecule has 1 aromatic carbocycles. The van der Waals surface area contributed by atoms with Crippen molar-refractivity contribution in [3.63, 3.8) is 0 Å². The summed E-state index contributed by atoms with van der Waals surface area (Å²) in [4.78, 5) is 22.9. The van der Waals surface area contributed by atoms with Crippen molar-refractivity contribution in [1.82, 2.24) is 0 Å². The highest BCUT2D eigenvalue weighted by Gasteiger charge is 2.14. The Labute approximate surface area is 121 Å². The standard InChI is InChI=1S/C14H15N3O4/c1-2-16(9-3-8-15)12-5-6-13(17(20)21)11(10-12)4-7-14(18)19/h4-7,10H,2-3,9H2,1H3,(H,18,19)/b7-4+. The van der Waals surface area contributed by atoms with Crippen molar-refractivity contribution in [3.8, 4) is 6.07 Å². The molecule has 0 aromatic heterocycles. The van der Waals surface area contributed by atoms with Gasteiger partial charge in [0.05, 0.1) is 23.0 Å². The zero-order chi connectivity index (χ0) is 15.8. The first-order valence-corrected chi connectivity index (χ1v) is 6.31. The molecule has 0 aliphatic rings. The van der Waals surface area contributed by atoms with E-state index >= 15 is 0 Å². The van der Waals surface area contributed by atoms with E-state index in [4.69, 9.17) is 10.4 Å². The summed E-state index contributed by atoms with van der Waals surface area (Å²) in [5, 5.41) is 28.2. The van der Waals surface area contributed by atoms with Crippen LogP contribution in [-0.4, -0.2) is 29.1 Å². The van der Waals surface area contributed by atoms with Gasteiger partial charge in [-0.25, -0.2) is 4.79 Å². The molecule has 1 rings (SSSR count). The Morgan fingerprint density at radius 2 is 2.29 bits per heavy atom. The van der Waals surface area contributed by atoms with Gasteiger partial charge in [-0.15, -0.1) is 0 Å². The van der Waals surface area contributed by atoms with Gasteiger partial charge in [-0.05, 0) is 25.1 Å². The minimum Gasteiger partial charge on any atom is -0.478 e. The van der Waals surface area contributed by atoms with Crippen molar-refractivity contribution < 1.29 is 14.8 Å². The Kier molecular flexibility index (Phi) is 5.89. The normalized spacial score (nSPS) is 10.3. The smallest absolute Gasteiger partial charge is 0.328 e. The quantitative estimate of drug-likeness (QED) is 0.469. The van der Waals surface area contributed by atoms with E-state index < -0.39 is 10.9 Å². The first kappa shape index (κ1) is 16.2. The first-order chi connectivity index (χ1) is 9.99. The summed E-state index contributed by atoms with van der Waals surface area (Å²) in [7, 11) is 0. The van der Waals surface area contributed by atoms with Crippen LogP contribution in [0.5, 0.6) is 0 Å². The SMILES string of the molecule is CCN(CCC#N)c1ccc([N+](=O)[O-])c(/C=C/C(=O)O)c1. The molecule has 0 fully saturated rings. The fraction of sp³-hybridized carbons (Fsp3) is 0.286. The molecule has 0 saturated carbocycles. The molecule has 110 valence electrons. The fourth-order valence-electron chi connectivity index (χ4n) is 1.85. The zero-order valence-electron chi connectivity index (χ0n) is 11.5. The maximum atomic E-state index is 11.0. The van der Waals surface area contributed by atoms with Crippen LogP contribution in [0, 0.1) is 21.4 Å². The molecular formula is C14H15N3O4. The van der Waals surface area contributed by atoms with Crippen molar-refractivity contribution in [1.29, 1.82) is 5.26 Å². The monoisotopic (exact) mass is 289 g/mol. The number of carboxylic acid groups (broad SMARTS) is 1. The number of hydrogen-bond acceptors (Lipinski definition) is 5. The van der Waals surface area contributed by atoms with Crippen LogP contribution >= 0.6 is 0 Å². The molecule has 0 saturated heterocycles. The Morgan fingerprint density at radius 3 is 2.81 bits per heavy atom. The molecule has 0 amide bonds. The largest absolute Gasteiger partial charge is 0.478 e. The van der Waals surface area contributed by atoms with Crippen molar-refractivity contribution in [2.45, 2.75) is 13.3 Å². The Bertz CT molecular complexity index is 605. The van der Waals surface area contributed by atoms with Crippen molar-refractivity contribution in [2.24, 2.45) is 0 Å². The molecule has 0 bridgehead atoms. The van der Waals surface area contributed by atoms with E-state index in [1.807, 2.05) is 17.9 Å². The van der Waals surface area contributed by atoms with Gasteiger partial charge in [0.2, 0.25) is 0 Å². The lowest BCUT2D eigenvalue weighted by Gasteiger charge is -2.22. The first-order valence-electron chi connectivity index (χ1n) is 6.31. The van der Waals surface area contributed by atoms with Gasteiger partial charge in [0, 0.05) is 30.9 Å². The summed E-state index contributed by atoms with van der Waals surface area (Å²) in [5.74, 6) is -1.17. The summed E-state index contributed by atoms with van der Waals surface area (Å²) in [6, 6.07) is 6.53. The Morgan fingerprint density at radius 1 is 1.57 bits per heavy atom. The molecule has 0 unspecified atom stereocenters. The number of rotatable bonds is 7. The van der Waals surface area contributed by atoms with Gasteiger partial charge in [-0.2, -0.15) is 5.26 Å². The summed E-state index contributed by atoms with van der Waals surface area (Å²) < 4.78 is 0. The molecule has 0 aliphatic carbocycles. The summed E-state index contributed by atoms with van der Waals surface area (Å²) in [6.45, 7) is 3.06. The van der Waals surface area contributed by atoms with E-state index in [-0.39, 0.29) is 11.3 Å². The number of hydrogen-bond donors (Lipinski definition) is 1. The van der Waals surface area contributed by atoms with Crippen LogP contribution in [0.4, 0.5) is 11.4 Å². The molecule has 0 radical (unpaired) electrons. The Hall–Kier alpha value is -2.88. The topological polar surface area (TPSA) is 107 Å². The molecule has 7 heteroatoms. The third-order valence-corrected chi connectivity index (χ3v) is 2.85. The number of carboxylic acids is 1. The highest BCUT2D eigenvalue weighted by atomic mass is 16.6. The number of anilines is 1. The molecule has 0 heterocycles. The van der Waals surface area contributed by atoms with Crippen LogP contribution < -0.4 is 4.90 Å². The van der Waals surface area contributed by atoms with E-state index in [1.54, 1.807) is 12.1 Å². The maximum Gasteiger partial charge on any atom is 0.328 e. The summed E-state index contributed by atoms with van der Waals surface area (Å²) in [5.41, 5.74) is 0.770. The van der Waals surface area contributed by atoms with Gasteiger partial charge in [0.1, 0.15) is 0 Å². The lowest BCUT2D eigenvalue weighted by atomic mass is 10.1. The van der Waals surface area contributed by atoms with E-state index in [1.165, 1.54) is 12.1 Å². The molecule has 0 atom stereocenters. The lowest BCUT2D eigenvalue weighted by molar-refractivity contribution is -0.385. The second-order valence-corrected chi connectivity index (χ2v) is 4.16. The predicted octanol–water partition coefficient (Wildman–Crippen LogP) is 2.43. The van der Waals surface area contributed by atoms with Gasteiger partial charge in [0.15, 0.2) is 0 Å². The molecule has 0 aliphatic heterocycles. The van der Waals surface area contributed by atoms with E-state index in [0.717, 1.165) is 6.08 Å². The lowest BCUT2D eigenvalue weighted by Crippen LogP contribution is -2.23. The van der Waals surface area contributed by atoms with Gasteiger partial charge >= 0.3 is 5.97 Å². The third kappa shape index (κ3) is 4.62. The average Bonchev–Trinajstić information content (AvgIpc) is 2.45. The second kappa shape index (κ2) is 7.65. The summed E-state index contributed by atoms with van der Waals surface area (Å²) in [6.07, 6.45) is 2.39. The number of aliphatic carboxylic acids is 1. The van der Waals surface area contributed by atoms with Crippen LogP contribution in [0.2, 0.25) is 0 Å². The summed E-state index contributed by atoms with van der Waals surface area (Å²) >= 11 is 0. The molecule has 7 nitrogen and oxygen atoms in total. The fourth-order valence-corrected chi connectivity index (χ4v) is 1.85. The molecule has 1 N–H and O–H groups in total. The predicted molar refractivity (Wildman–Crippen MR) is 77.9 cm³/mol. The van der Waals surface area contributed by atoms with Crippen LogP contribution in [0.3, 0.4) is 0 Å². The second-order valence-electron chi connectivity index (χ2n) is 4.16. The van der Waals surface area contributed by atoms with E-state index in [2.05, 4.69) is 0 Å². The molecular weight excluding hydrogens is 274 g/mol. The highest BCUT2D eigenvalue weighted by Crippen LogP contribution is 2.26. The molecule has 1 aromatic rings. The number of carbonyl (C=O) groups is 1. The van der Waals surface area contributed by atoms with Crippen molar-refractivity contribution in [2.75, 3.05) is 18.0 Å². The van der Waals surface area contributed by atoms with Gasteiger partial charge in [0.25, 0.3) is 5.69 Å². The number of benzene rings is 1. The average molecular weight is 289 g/mol. The van der Waals surface area contributed by atoms with E-state index in [9.17, 15) is 14.9 Å². The van der Waals surface area contributed by atoms with Gasteiger partial charge < -0.3 is 10.0 Å². The van der Waals surface area contributed by atoms with Crippen LogP contribution in [-0.2, 0) is 4.79 Å². The van der Waals surface area contributed by atoms with Crippen LogP contribution in [0.15, 0.2) is 24.3 Å². The highest BCUT2D eigenvalue weighted by molar-refractivity contribution is 5.86. The number of nitro benzene ring substituents is 1. The minimum absolute atomic E-state index is 0.160. The number of nitrogens with zero attached hydrogens (tertiary/aromatic N) is 3. The third-order valence-electron chi connectivity index (χ3n) is 2.85. The minimum atomic E-state index is -1.17. The van der Waals surface area contributed by atoms with Crippen molar-refractivity contribution in [3.05, 3.63) is 40.0 Å². The van der Waals surface area contributed by atoms with E-state index in [0.29, 0.717) is 25.2 Å². The zero-order valence-corrected chi connectivity index (χ0v) is 11.5. The van der Waals surface area contributed by atoms with Gasteiger partial charge in [-0.1, -0.05) is 0 Å². The van der Waals surface area contributed by atoms with Crippen molar-refractivity contribution >= 4 is 23.4 Å². The number of nitriles is 1. The van der Waals surface area contributed by atoms with Gasteiger partial charge in [-0.3, -0.25) is 10.1 Å². The maximum absolute atomic E-state index is 11.0.